The van der Waals surface area contributed by atoms with Gasteiger partial charge >= 0.3 is 0 Å². The molecule has 1 aromatic heterocycles. The number of nitrogens with zero attached hydrogens (tertiary/aromatic N) is 1. The third kappa shape index (κ3) is 4.60. The van der Waals surface area contributed by atoms with Gasteiger partial charge in [0.2, 0.25) is 0 Å². The highest BCUT2D eigenvalue weighted by molar-refractivity contribution is 7.98. The lowest BCUT2D eigenvalue weighted by atomic mass is 10.1. The van der Waals surface area contributed by atoms with E-state index in [1.807, 2.05) is 30.3 Å². The summed E-state index contributed by atoms with van der Waals surface area (Å²) in [5, 5.41) is 3.87. The molecule has 24 heavy (non-hydrogen) atoms. The van der Waals surface area contributed by atoms with Gasteiger partial charge in [-0.25, -0.2) is 5.43 Å². The van der Waals surface area contributed by atoms with Crippen molar-refractivity contribution in [1.82, 2.24) is 5.43 Å². The Hall–Kier alpha value is -2.79. The number of nitrogens with one attached hydrogen (secondary N) is 1. The Morgan fingerprint density at radius 3 is 2.54 bits per heavy atom. The normalized spacial score (nSPS) is 10.8. The Bertz CT molecular complexity index is 797. The zero-order chi connectivity index (χ0) is 16.6. The van der Waals surface area contributed by atoms with Crippen LogP contribution in [0.2, 0.25) is 0 Å². The first-order valence-corrected chi connectivity index (χ1v) is 8.43. The molecule has 0 aliphatic carbocycles. The standard InChI is InChI=1S/C19H16N2O2S/c22-19(21-20-13-17-5-4-12-23-17)16-10-8-15(9-11-16)14-24-18-6-2-1-3-7-18/h1-13H,14H2,(H,21,22). The second-order valence-corrected chi connectivity index (χ2v) is 6.06. The van der Waals surface area contributed by atoms with Crippen molar-refractivity contribution in [3.63, 3.8) is 0 Å². The summed E-state index contributed by atoms with van der Waals surface area (Å²) in [5.41, 5.74) is 4.22. The van der Waals surface area contributed by atoms with Crippen LogP contribution in [0.25, 0.3) is 0 Å². The van der Waals surface area contributed by atoms with Crippen LogP contribution in [0.4, 0.5) is 0 Å². The third-order valence-corrected chi connectivity index (χ3v) is 4.35. The first kappa shape index (κ1) is 16.1. The van der Waals surface area contributed by atoms with E-state index in [-0.39, 0.29) is 5.91 Å². The van der Waals surface area contributed by atoms with Crippen molar-refractivity contribution in [3.05, 3.63) is 89.9 Å². The molecule has 0 bridgehead atoms. The second kappa shape index (κ2) is 8.17. The molecule has 0 atom stereocenters. The van der Waals surface area contributed by atoms with Gasteiger partial charge in [0.25, 0.3) is 5.91 Å². The number of hydrogen-bond acceptors (Lipinski definition) is 4. The number of hydrogen-bond donors (Lipinski definition) is 1. The van der Waals surface area contributed by atoms with Crippen LogP contribution in [0.15, 0.2) is 87.4 Å². The number of carbonyl (C=O) groups excluding carboxylic acids is 1. The summed E-state index contributed by atoms with van der Waals surface area (Å²) in [5.74, 6) is 1.20. The zero-order valence-corrected chi connectivity index (χ0v) is 13.7. The first-order chi connectivity index (χ1) is 11.8. The number of thioether (sulfide) groups is 1. The minimum Gasteiger partial charge on any atom is -0.463 e. The van der Waals surface area contributed by atoms with Crippen LogP contribution in [-0.2, 0) is 5.75 Å². The topological polar surface area (TPSA) is 54.6 Å². The molecule has 0 saturated carbocycles. The van der Waals surface area contributed by atoms with E-state index >= 15 is 0 Å². The maximum absolute atomic E-state index is 12.0. The van der Waals surface area contributed by atoms with Crippen LogP contribution in [0.1, 0.15) is 21.7 Å². The van der Waals surface area contributed by atoms with E-state index in [0.717, 1.165) is 5.75 Å². The van der Waals surface area contributed by atoms with Crippen LogP contribution in [-0.4, -0.2) is 12.1 Å². The van der Waals surface area contributed by atoms with Crippen molar-refractivity contribution in [2.45, 2.75) is 10.6 Å². The summed E-state index contributed by atoms with van der Waals surface area (Å²) in [7, 11) is 0. The molecule has 0 radical (unpaired) electrons. The molecule has 0 aliphatic heterocycles. The summed E-state index contributed by atoms with van der Waals surface area (Å²) < 4.78 is 5.10. The lowest BCUT2D eigenvalue weighted by Gasteiger charge is -2.04. The lowest BCUT2D eigenvalue weighted by molar-refractivity contribution is 0.0955. The van der Waals surface area contributed by atoms with E-state index in [9.17, 15) is 4.79 Å². The van der Waals surface area contributed by atoms with Crippen molar-refractivity contribution in [1.29, 1.82) is 0 Å². The van der Waals surface area contributed by atoms with E-state index in [2.05, 4.69) is 22.7 Å². The van der Waals surface area contributed by atoms with Gasteiger partial charge in [-0.15, -0.1) is 11.8 Å². The number of furan rings is 1. The molecule has 1 amide bonds. The predicted octanol–water partition coefficient (Wildman–Crippen LogP) is 4.34. The van der Waals surface area contributed by atoms with Gasteiger partial charge < -0.3 is 4.42 Å². The van der Waals surface area contributed by atoms with E-state index in [4.69, 9.17) is 4.42 Å². The number of carbonyl (C=O) groups is 1. The minimum atomic E-state index is -0.250. The number of rotatable bonds is 6. The molecule has 2 aromatic carbocycles. The van der Waals surface area contributed by atoms with Gasteiger partial charge in [-0.2, -0.15) is 5.10 Å². The van der Waals surface area contributed by atoms with Gasteiger partial charge in [0, 0.05) is 16.2 Å². The smallest absolute Gasteiger partial charge is 0.271 e. The molecule has 3 aromatic rings. The van der Waals surface area contributed by atoms with E-state index in [1.165, 1.54) is 16.7 Å². The third-order valence-electron chi connectivity index (χ3n) is 3.27. The Labute approximate surface area is 144 Å². The number of amides is 1. The van der Waals surface area contributed by atoms with Crippen LogP contribution in [0, 0.1) is 0 Å². The lowest BCUT2D eigenvalue weighted by Crippen LogP contribution is -2.17. The van der Waals surface area contributed by atoms with E-state index < -0.39 is 0 Å². The monoisotopic (exact) mass is 336 g/mol. The van der Waals surface area contributed by atoms with Gasteiger partial charge in [0.1, 0.15) is 5.76 Å². The largest absolute Gasteiger partial charge is 0.463 e. The molecule has 0 fully saturated rings. The summed E-state index contributed by atoms with van der Waals surface area (Å²) in [4.78, 5) is 13.2. The highest BCUT2D eigenvalue weighted by Crippen LogP contribution is 2.22. The SMILES string of the molecule is O=C(NN=Cc1ccco1)c1ccc(CSc2ccccc2)cc1. The van der Waals surface area contributed by atoms with E-state index in [0.29, 0.717) is 11.3 Å². The molecule has 5 heteroatoms. The molecule has 1 heterocycles. The van der Waals surface area contributed by atoms with Gasteiger partial charge in [-0.3, -0.25) is 4.79 Å². The average molecular weight is 336 g/mol. The molecule has 1 N–H and O–H groups in total. The Morgan fingerprint density at radius 2 is 1.83 bits per heavy atom. The molecule has 3 rings (SSSR count). The molecule has 0 saturated heterocycles. The fourth-order valence-electron chi connectivity index (χ4n) is 2.02. The fourth-order valence-corrected chi connectivity index (χ4v) is 2.89. The summed E-state index contributed by atoms with van der Waals surface area (Å²) in [6.07, 6.45) is 3.01. The van der Waals surface area contributed by atoms with Crippen molar-refractivity contribution in [2.75, 3.05) is 0 Å². The van der Waals surface area contributed by atoms with Crippen molar-refractivity contribution in [3.8, 4) is 0 Å². The van der Waals surface area contributed by atoms with Crippen LogP contribution in [0.5, 0.6) is 0 Å². The molecule has 0 aliphatic rings. The number of hydrazone groups is 1. The highest BCUT2D eigenvalue weighted by Gasteiger charge is 2.04. The van der Waals surface area contributed by atoms with E-state index in [1.54, 1.807) is 42.3 Å². The van der Waals surface area contributed by atoms with Gasteiger partial charge in [-0.05, 0) is 42.0 Å². The maximum Gasteiger partial charge on any atom is 0.271 e. The Morgan fingerprint density at radius 1 is 1.04 bits per heavy atom. The van der Waals surface area contributed by atoms with Crippen LogP contribution < -0.4 is 5.43 Å². The average Bonchev–Trinajstić information content (AvgIpc) is 3.15. The highest BCUT2D eigenvalue weighted by atomic mass is 32.2. The minimum absolute atomic E-state index is 0.250. The van der Waals surface area contributed by atoms with Crippen LogP contribution in [0.3, 0.4) is 0 Å². The molecule has 0 unspecified atom stereocenters. The van der Waals surface area contributed by atoms with Crippen LogP contribution >= 0.6 is 11.8 Å². The van der Waals surface area contributed by atoms with Gasteiger partial charge in [0.15, 0.2) is 0 Å². The molecular weight excluding hydrogens is 320 g/mol. The second-order valence-electron chi connectivity index (χ2n) is 5.01. The molecule has 0 spiro atoms. The summed E-state index contributed by atoms with van der Waals surface area (Å²) in [6.45, 7) is 0. The fraction of sp³-hybridized carbons (Fsp3) is 0.0526. The first-order valence-electron chi connectivity index (χ1n) is 7.45. The molecule has 120 valence electrons. The van der Waals surface area contributed by atoms with Crippen molar-refractivity contribution < 1.29 is 9.21 Å². The summed E-state index contributed by atoms with van der Waals surface area (Å²) in [6, 6.07) is 21.3. The summed E-state index contributed by atoms with van der Waals surface area (Å²) >= 11 is 1.77. The van der Waals surface area contributed by atoms with Crippen molar-refractivity contribution in [2.24, 2.45) is 5.10 Å². The Kier molecular flexibility index (Phi) is 5.48. The maximum atomic E-state index is 12.0. The van der Waals surface area contributed by atoms with Gasteiger partial charge in [0.05, 0.1) is 12.5 Å². The molecular formula is C19H16N2O2S. The Balaban J connectivity index is 1.52. The quantitative estimate of drug-likeness (QED) is 0.414. The predicted molar refractivity (Wildman–Crippen MR) is 96.2 cm³/mol. The number of benzene rings is 2. The zero-order valence-electron chi connectivity index (χ0n) is 12.9. The molecule has 4 nitrogen and oxygen atoms in total. The van der Waals surface area contributed by atoms with Gasteiger partial charge in [-0.1, -0.05) is 30.3 Å². The van der Waals surface area contributed by atoms with Crippen molar-refractivity contribution >= 4 is 23.9 Å².